The largest absolute Gasteiger partial charge is 0.449 e. The molecule has 2 unspecified atom stereocenters. The van der Waals surface area contributed by atoms with Crippen LogP contribution >= 0.6 is 0 Å². The summed E-state index contributed by atoms with van der Waals surface area (Å²) >= 11 is 0. The van der Waals surface area contributed by atoms with Crippen molar-refractivity contribution >= 4 is 32.6 Å². The molecule has 4 rings (SSSR count). The number of likely N-dealkylation sites (N-methyl/N-ethyl adjacent to an activating group) is 1. The highest BCUT2D eigenvalue weighted by Gasteiger charge is 2.36. The van der Waals surface area contributed by atoms with Crippen LogP contribution in [0.25, 0.3) is 10.9 Å². The second-order valence-electron chi connectivity index (χ2n) is 8.72. The molecule has 2 heterocycles. The number of rotatable bonds is 5. The van der Waals surface area contributed by atoms with Crippen molar-refractivity contribution in [2.75, 3.05) is 18.1 Å². The topological polar surface area (TPSA) is 93.6 Å². The highest BCUT2D eigenvalue weighted by atomic mass is 32.2. The van der Waals surface area contributed by atoms with E-state index in [1.165, 1.54) is 4.90 Å². The lowest BCUT2D eigenvalue weighted by molar-refractivity contribution is -0.141. The summed E-state index contributed by atoms with van der Waals surface area (Å²) < 4.78 is 29.5. The number of carbonyl (C=O) groups is 2. The standard InChI is InChI=1S/C24H30N2O5S/c1-3-26(17-13-14-32(29,30)15-17)23(27)16(2)31-24(28)22-18-9-5-4-6-11-20(18)25-21-12-8-7-10-19(21)22/h7-8,10,12,16-17H,3-6,9,11,13-15H2,1-2H3. The van der Waals surface area contributed by atoms with E-state index in [1.807, 2.05) is 31.2 Å². The van der Waals surface area contributed by atoms with Crippen molar-refractivity contribution in [2.45, 2.75) is 64.5 Å². The van der Waals surface area contributed by atoms with E-state index in [9.17, 15) is 18.0 Å². The molecule has 1 amide bonds. The van der Waals surface area contributed by atoms with Crippen LogP contribution in [0, 0.1) is 0 Å². The van der Waals surface area contributed by atoms with Crippen LogP contribution < -0.4 is 0 Å². The van der Waals surface area contributed by atoms with Crippen LogP contribution in [0.15, 0.2) is 24.3 Å². The van der Waals surface area contributed by atoms with Crippen molar-refractivity contribution < 1.29 is 22.7 Å². The third kappa shape index (κ3) is 4.51. The van der Waals surface area contributed by atoms with Crippen LogP contribution in [0.5, 0.6) is 0 Å². The number of aryl methyl sites for hydroxylation is 1. The average Bonchev–Trinajstić information content (AvgIpc) is 2.96. The number of amides is 1. The van der Waals surface area contributed by atoms with Crippen molar-refractivity contribution in [2.24, 2.45) is 0 Å². The van der Waals surface area contributed by atoms with E-state index in [-0.39, 0.29) is 23.5 Å². The Morgan fingerprint density at radius 1 is 1.19 bits per heavy atom. The van der Waals surface area contributed by atoms with Crippen molar-refractivity contribution in [1.29, 1.82) is 0 Å². The predicted octanol–water partition coefficient (Wildman–Crippen LogP) is 3.08. The summed E-state index contributed by atoms with van der Waals surface area (Å²) in [6.07, 6.45) is 4.13. The Kier molecular flexibility index (Phi) is 6.51. The van der Waals surface area contributed by atoms with Crippen LogP contribution in [-0.2, 0) is 32.2 Å². The van der Waals surface area contributed by atoms with Crippen LogP contribution in [0.1, 0.15) is 61.1 Å². The van der Waals surface area contributed by atoms with E-state index in [2.05, 4.69) is 0 Å². The molecule has 1 aromatic heterocycles. The summed E-state index contributed by atoms with van der Waals surface area (Å²) in [6.45, 7) is 3.75. The maximum atomic E-state index is 13.4. The predicted molar refractivity (Wildman–Crippen MR) is 122 cm³/mol. The summed E-state index contributed by atoms with van der Waals surface area (Å²) in [5, 5.41) is 0.743. The first-order valence-electron chi connectivity index (χ1n) is 11.4. The highest BCUT2D eigenvalue weighted by Crippen LogP contribution is 2.30. The molecule has 1 fully saturated rings. The maximum Gasteiger partial charge on any atom is 0.339 e. The summed E-state index contributed by atoms with van der Waals surface area (Å²) in [6, 6.07) is 7.17. The van der Waals surface area contributed by atoms with E-state index in [0.29, 0.717) is 18.5 Å². The number of benzene rings is 1. The molecule has 2 aliphatic rings. The van der Waals surface area contributed by atoms with E-state index in [4.69, 9.17) is 9.72 Å². The van der Waals surface area contributed by atoms with Gasteiger partial charge < -0.3 is 9.64 Å². The first-order chi connectivity index (χ1) is 15.3. The minimum Gasteiger partial charge on any atom is -0.449 e. The fraction of sp³-hybridized carbons (Fsp3) is 0.542. The van der Waals surface area contributed by atoms with Gasteiger partial charge in [0, 0.05) is 23.7 Å². The second kappa shape index (κ2) is 9.17. The fourth-order valence-corrected chi connectivity index (χ4v) is 6.63. The van der Waals surface area contributed by atoms with Gasteiger partial charge >= 0.3 is 5.97 Å². The molecule has 1 aromatic carbocycles. The van der Waals surface area contributed by atoms with Gasteiger partial charge in [0.25, 0.3) is 5.91 Å². The molecule has 0 bridgehead atoms. The van der Waals surface area contributed by atoms with Crippen molar-refractivity contribution in [1.82, 2.24) is 9.88 Å². The zero-order valence-electron chi connectivity index (χ0n) is 18.7. The minimum atomic E-state index is -3.12. The molecule has 32 heavy (non-hydrogen) atoms. The summed E-state index contributed by atoms with van der Waals surface area (Å²) in [5.41, 5.74) is 3.14. The number of aromatic nitrogens is 1. The van der Waals surface area contributed by atoms with Crippen LogP contribution in [0.3, 0.4) is 0 Å². The Morgan fingerprint density at radius 2 is 1.94 bits per heavy atom. The highest BCUT2D eigenvalue weighted by molar-refractivity contribution is 7.91. The Morgan fingerprint density at radius 3 is 2.66 bits per heavy atom. The van der Waals surface area contributed by atoms with E-state index >= 15 is 0 Å². The summed E-state index contributed by atoms with van der Waals surface area (Å²) in [5.74, 6) is -0.814. The minimum absolute atomic E-state index is 0.0320. The molecule has 0 radical (unpaired) electrons. The van der Waals surface area contributed by atoms with E-state index in [0.717, 1.165) is 54.3 Å². The number of esters is 1. The molecule has 0 spiro atoms. The van der Waals surface area contributed by atoms with Gasteiger partial charge in [-0.3, -0.25) is 9.78 Å². The number of hydrogen-bond acceptors (Lipinski definition) is 6. The monoisotopic (exact) mass is 458 g/mol. The lowest BCUT2D eigenvalue weighted by atomic mass is 9.97. The van der Waals surface area contributed by atoms with Crippen LogP contribution in [-0.4, -0.2) is 60.4 Å². The molecule has 2 aromatic rings. The average molecular weight is 459 g/mol. The third-order valence-electron chi connectivity index (χ3n) is 6.53. The second-order valence-corrected chi connectivity index (χ2v) is 10.9. The first-order valence-corrected chi connectivity index (χ1v) is 13.2. The van der Waals surface area contributed by atoms with Gasteiger partial charge in [0.15, 0.2) is 15.9 Å². The number of ether oxygens (including phenoxy) is 1. The molecule has 172 valence electrons. The van der Waals surface area contributed by atoms with Gasteiger partial charge in [-0.25, -0.2) is 13.2 Å². The Bertz CT molecular complexity index is 1140. The number of carbonyl (C=O) groups excluding carboxylic acids is 2. The third-order valence-corrected chi connectivity index (χ3v) is 8.28. The van der Waals surface area contributed by atoms with Crippen molar-refractivity contribution in [3.63, 3.8) is 0 Å². The van der Waals surface area contributed by atoms with E-state index < -0.39 is 21.9 Å². The Labute approximate surface area is 189 Å². The van der Waals surface area contributed by atoms with Gasteiger partial charge in [0.05, 0.1) is 22.6 Å². The van der Waals surface area contributed by atoms with Gasteiger partial charge in [-0.05, 0) is 57.6 Å². The van der Waals surface area contributed by atoms with Crippen molar-refractivity contribution in [3.8, 4) is 0 Å². The number of sulfone groups is 1. The number of pyridine rings is 1. The lowest BCUT2D eigenvalue weighted by Crippen LogP contribution is -2.46. The molecule has 0 N–H and O–H groups in total. The van der Waals surface area contributed by atoms with Gasteiger partial charge in [0.2, 0.25) is 0 Å². The molecule has 1 aliphatic carbocycles. The molecule has 2 atom stereocenters. The zero-order chi connectivity index (χ0) is 22.9. The molecular formula is C24H30N2O5S. The fourth-order valence-electron chi connectivity index (χ4n) is 4.90. The lowest BCUT2D eigenvalue weighted by Gasteiger charge is -2.29. The van der Waals surface area contributed by atoms with Gasteiger partial charge in [0.1, 0.15) is 0 Å². The number of fused-ring (bicyclic) bond motifs is 2. The molecule has 8 heteroatoms. The number of hydrogen-bond donors (Lipinski definition) is 0. The quantitative estimate of drug-likeness (QED) is 0.505. The number of para-hydroxylation sites is 1. The van der Waals surface area contributed by atoms with Gasteiger partial charge in [-0.15, -0.1) is 0 Å². The van der Waals surface area contributed by atoms with Crippen LogP contribution in [0.2, 0.25) is 0 Å². The van der Waals surface area contributed by atoms with Gasteiger partial charge in [-0.2, -0.15) is 0 Å². The van der Waals surface area contributed by atoms with Crippen LogP contribution in [0.4, 0.5) is 0 Å². The SMILES string of the molecule is CCN(C(=O)C(C)OC(=O)c1c2c(nc3ccccc13)CCCCC2)C1CCS(=O)(=O)C1. The normalized spacial score (nSPS) is 20.9. The summed E-state index contributed by atoms with van der Waals surface area (Å²) in [4.78, 5) is 32.8. The number of nitrogens with zero attached hydrogens (tertiary/aromatic N) is 2. The van der Waals surface area contributed by atoms with Gasteiger partial charge in [-0.1, -0.05) is 24.6 Å². The smallest absolute Gasteiger partial charge is 0.339 e. The molecular weight excluding hydrogens is 428 g/mol. The Hall–Kier alpha value is -2.48. The first kappa shape index (κ1) is 22.7. The van der Waals surface area contributed by atoms with E-state index in [1.54, 1.807) is 6.92 Å². The zero-order valence-corrected chi connectivity index (χ0v) is 19.5. The maximum absolute atomic E-state index is 13.4. The molecule has 1 aliphatic heterocycles. The molecule has 1 saturated heterocycles. The van der Waals surface area contributed by atoms with Crippen molar-refractivity contribution in [3.05, 3.63) is 41.1 Å². The summed E-state index contributed by atoms with van der Waals surface area (Å²) in [7, 11) is -3.12. The Balaban J connectivity index is 1.61. The molecule has 0 saturated carbocycles. The molecule has 7 nitrogen and oxygen atoms in total.